The molecule has 230 valence electrons. The van der Waals surface area contributed by atoms with E-state index in [0.717, 1.165) is 23.5 Å². The van der Waals surface area contributed by atoms with E-state index in [1.54, 1.807) is 29.3 Å². The van der Waals surface area contributed by atoms with Gasteiger partial charge in [0.25, 0.3) is 5.91 Å². The summed E-state index contributed by atoms with van der Waals surface area (Å²) in [6, 6.07) is 21.3. The Bertz CT molecular complexity index is 1930. The molecule has 1 aliphatic rings. The number of hydrogen-bond donors (Lipinski definition) is 2. The molecular weight excluding hydrogens is 572 g/mol. The van der Waals surface area contributed by atoms with Gasteiger partial charge in [-0.15, -0.1) is 5.10 Å². The van der Waals surface area contributed by atoms with E-state index in [9.17, 15) is 4.79 Å². The summed E-state index contributed by atoms with van der Waals surface area (Å²) in [5, 5.41) is 12.9. The van der Waals surface area contributed by atoms with Crippen LogP contribution in [-0.4, -0.2) is 86.5 Å². The van der Waals surface area contributed by atoms with Crippen LogP contribution in [0.15, 0.2) is 83.6 Å². The number of piperazine rings is 1. The lowest BCUT2D eigenvalue weighted by Crippen LogP contribution is -2.56. The van der Waals surface area contributed by atoms with Gasteiger partial charge in [0.2, 0.25) is 11.8 Å². The number of aromatic nitrogens is 6. The van der Waals surface area contributed by atoms with Crippen molar-refractivity contribution in [2.75, 3.05) is 57.0 Å². The Labute approximate surface area is 259 Å². The average molecular weight is 607 g/mol. The maximum atomic E-state index is 14.6. The first-order valence-corrected chi connectivity index (χ1v) is 14.9. The van der Waals surface area contributed by atoms with Crippen molar-refractivity contribution in [3.8, 4) is 17.3 Å². The topological polar surface area (TPSA) is 145 Å². The lowest BCUT2D eigenvalue weighted by Gasteiger charge is -2.40. The zero-order chi connectivity index (χ0) is 31.0. The van der Waals surface area contributed by atoms with Gasteiger partial charge in [-0.25, -0.2) is 9.67 Å². The lowest BCUT2D eigenvalue weighted by atomic mass is 9.90. The van der Waals surface area contributed by atoms with Gasteiger partial charge in [-0.1, -0.05) is 30.3 Å². The molecule has 0 spiro atoms. The van der Waals surface area contributed by atoms with Crippen molar-refractivity contribution in [3.63, 3.8) is 0 Å². The first-order valence-electron chi connectivity index (χ1n) is 14.9. The molecule has 0 bridgehead atoms. The minimum atomic E-state index is -1.21. The summed E-state index contributed by atoms with van der Waals surface area (Å²) in [6.45, 7) is 5.77. The van der Waals surface area contributed by atoms with Crippen LogP contribution in [0.1, 0.15) is 12.5 Å². The van der Waals surface area contributed by atoms with Crippen LogP contribution in [0.2, 0.25) is 0 Å². The van der Waals surface area contributed by atoms with Crippen LogP contribution in [-0.2, 0) is 10.3 Å². The molecule has 1 unspecified atom stereocenters. The lowest BCUT2D eigenvalue weighted by molar-refractivity contribution is -0.138. The monoisotopic (exact) mass is 606 g/mol. The third-order valence-corrected chi connectivity index (χ3v) is 8.34. The van der Waals surface area contributed by atoms with Crippen LogP contribution in [0.3, 0.4) is 0 Å². The maximum Gasteiger partial charge on any atom is 0.255 e. The Morgan fingerprint density at radius 1 is 1.00 bits per heavy atom. The van der Waals surface area contributed by atoms with Gasteiger partial charge >= 0.3 is 0 Å². The fraction of sp³-hybridized carbons (Fsp3) is 0.281. The van der Waals surface area contributed by atoms with E-state index in [-0.39, 0.29) is 11.9 Å². The molecule has 5 heterocycles. The van der Waals surface area contributed by atoms with Crippen LogP contribution in [0.25, 0.3) is 28.3 Å². The number of nitrogens with one attached hydrogen (secondary N) is 1. The normalized spacial score (nSPS) is 15.1. The molecule has 3 N–H and O–H groups in total. The highest BCUT2D eigenvalue weighted by Crippen LogP contribution is 2.33. The number of ether oxygens (including phenoxy) is 1. The van der Waals surface area contributed by atoms with E-state index >= 15 is 0 Å². The molecule has 13 nitrogen and oxygen atoms in total. The van der Waals surface area contributed by atoms with Crippen LogP contribution in [0, 0.1) is 0 Å². The van der Waals surface area contributed by atoms with Crippen molar-refractivity contribution < 1.29 is 13.9 Å². The number of nitrogens with zero attached hydrogens (tertiary/aromatic N) is 8. The summed E-state index contributed by atoms with van der Waals surface area (Å²) in [5.74, 6) is 1.77. The molecule has 1 atom stereocenters. The molecule has 7 rings (SSSR count). The molecule has 0 radical (unpaired) electrons. The van der Waals surface area contributed by atoms with E-state index in [1.165, 1.54) is 4.52 Å². The summed E-state index contributed by atoms with van der Waals surface area (Å²) in [4.78, 5) is 28.1. The number of furan rings is 1. The number of rotatable bonds is 9. The molecule has 1 aliphatic heterocycles. The molecule has 1 saturated heterocycles. The highest BCUT2D eigenvalue weighted by Gasteiger charge is 2.43. The Morgan fingerprint density at radius 3 is 2.49 bits per heavy atom. The standard InChI is InChI=1S/C32H34N10O3/c1-32(22-7-4-3-5-8-22,30(43)40-17-15-39(16-18-40)23-10-12-24(13-11-23)44-20-14-34-2)42-29-25(21-35-42)28-36-27(26-9-6-19-45-26)38-41(28)31(33)37-29/h3-13,19,21,34H,14-18,20H2,1-2H3,(H2,33,37). The predicted molar refractivity (Wildman–Crippen MR) is 170 cm³/mol. The van der Waals surface area contributed by atoms with E-state index in [1.807, 2.05) is 61.3 Å². The largest absolute Gasteiger partial charge is 0.492 e. The summed E-state index contributed by atoms with van der Waals surface area (Å²) in [5.41, 5.74) is 7.98. The molecule has 0 saturated carbocycles. The molecule has 1 amide bonds. The second-order valence-corrected chi connectivity index (χ2v) is 11.1. The molecular formula is C32H34N10O3. The van der Waals surface area contributed by atoms with Gasteiger partial charge in [-0.05, 0) is 55.9 Å². The maximum absolute atomic E-state index is 14.6. The highest BCUT2D eigenvalue weighted by molar-refractivity contribution is 5.94. The SMILES string of the molecule is CNCCOc1ccc(N2CCN(C(=O)C(C)(c3ccccc3)n3ncc4c3nc(N)n3nc(-c5ccco5)nc43)CC2)cc1. The summed E-state index contributed by atoms with van der Waals surface area (Å²) in [6.07, 6.45) is 3.22. The van der Waals surface area contributed by atoms with Crippen molar-refractivity contribution in [2.45, 2.75) is 12.5 Å². The fourth-order valence-electron chi connectivity index (χ4n) is 5.85. The Balaban J connectivity index is 1.19. The van der Waals surface area contributed by atoms with Gasteiger partial charge < -0.3 is 30.0 Å². The molecule has 6 aromatic rings. The zero-order valence-electron chi connectivity index (χ0n) is 25.1. The third kappa shape index (κ3) is 5.00. The predicted octanol–water partition coefficient (Wildman–Crippen LogP) is 3.03. The second-order valence-electron chi connectivity index (χ2n) is 11.1. The number of amides is 1. The molecule has 2 aromatic carbocycles. The molecule has 13 heteroatoms. The molecule has 45 heavy (non-hydrogen) atoms. The quantitative estimate of drug-likeness (QED) is 0.236. The Morgan fingerprint density at radius 2 is 1.78 bits per heavy atom. The molecule has 1 fully saturated rings. The highest BCUT2D eigenvalue weighted by atomic mass is 16.5. The van der Waals surface area contributed by atoms with Crippen LogP contribution < -0.4 is 20.7 Å². The number of nitrogen functional groups attached to an aromatic ring is 1. The second kappa shape index (κ2) is 11.6. The van der Waals surface area contributed by atoms with Gasteiger partial charge in [0, 0.05) is 38.4 Å². The van der Waals surface area contributed by atoms with Gasteiger partial charge in [-0.3, -0.25) is 4.79 Å². The average Bonchev–Trinajstić information content (AvgIpc) is 3.86. The number of carbonyl (C=O) groups excluding carboxylic acids is 1. The van der Waals surface area contributed by atoms with Crippen molar-refractivity contribution in [3.05, 3.63) is 84.8 Å². The van der Waals surface area contributed by atoms with E-state index in [4.69, 9.17) is 20.0 Å². The first kappa shape index (κ1) is 28.3. The number of nitrogens with two attached hydrogens (primary N) is 1. The van der Waals surface area contributed by atoms with Gasteiger partial charge in [0.15, 0.2) is 22.6 Å². The van der Waals surface area contributed by atoms with Gasteiger partial charge in [-0.2, -0.15) is 14.6 Å². The van der Waals surface area contributed by atoms with Crippen LogP contribution >= 0.6 is 0 Å². The van der Waals surface area contributed by atoms with Crippen molar-refractivity contribution >= 4 is 34.2 Å². The number of hydrogen-bond acceptors (Lipinski definition) is 10. The molecule has 4 aromatic heterocycles. The van der Waals surface area contributed by atoms with Crippen LogP contribution in [0.4, 0.5) is 11.6 Å². The smallest absolute Gasteiger partial charge is 0.255 e. The van der Waals surface area contributed by atoms with Crippen molar-refractivity contribution in [2.24, 2.45) is 0 Å². The summed E-state index contributed by atoms with van der Waals surface area (Å²) < 4.78 is 14.4. The summed E-state index contributed by atoms with van der Waals surface area (Å²) >= 11 is 0. The Kier molecular flexibility index (Phi) is 7.29. The van der Waals surface area contributed by atoms with E-state index in [2.05, 4.69) is 37.4 Å². The van der Waals surface area contributed by atoms with E-state index < -0.39 is 5.54 Å². The van der Waals surface area contributed by atoms with Crippen molar-refractivity contribution in [1.29, 1.82) is 0 Å². The number of likely N-dealkylation sites (N-methyl/N-ethyl adjacent to an activating group) is 1. The first-order chi connectivity index (χ1) is 22.0. The summed E-state index contributed by atoms with van der Waals surface area (Å²) in [7, 11) is 1.90. The Hall–Kier alpha value is -5.43. The zero-order valence-corrected chi connectivity index (χ0v) is 25.1. The number of carbonyl (C=O) groups is 1. The minimum Gasteiger partial charge on any atom is -0.492 e. The van der Waals surface area contributed by atoms with Crippen LogP contribution in [0.5, 0.6) is 5.75 Å². The number of benzene rings is 2. The van der Waals surface area contributed by atoms with E-state index in [0.29, 0.717) is 61.1 Å². The number of anilines is 2. The number of fused-ring (bicyclic) bond motifs is 3. The van der Waals surface area contributed by atoms with Gasteiger partial charge in [0.05, 0.1) is 17.8 Å². The minimum absolute atomic E-state index is 0.0791. The van der Waals surface area contributed by atoms with Gasteiger partial charge in [0.1, 0.15) is 12.4 Å². The molecule has 0 aliphatic carbocycles. The fourth-order valence-corrected chi connectivity index (χ4v) is 5.85. The third-order valence-electron chi connectivity index (χ3n) is 8.34. The van der Waals surface area contributed by atoms with Crippen molar-refractivity contribution in [1.82, 2.24) is 39.6 Å².